The van der Waals surface area contributed by atoms with Gasteiger partial charge in [0.05, 0.1) is 5.54 Å². The van der Waals surface area contributed by atoms with Gasteiger partial charge in [0.1, 0.15) is 0 Å². The molecule has 1 saturated heterocycles. The van der Waals surface area contributed by atoms with Crippen molar-refractivity contribution in [2.24, 2.45) is 28.6 Å². The molecular weight excluding hydrogens is 468 g/mol. The zero-order chi connectivity index (χ0) is 25.1. The molecule has 0 unspecified atom stereocenters. The molecule has 1 aromatic rings. The highest BCUT2D eigenvalue weighted by Crippen LogP contribution is 2.64. The number of halogens is 1. The highest BCUT2D eigenvalue weighted by atomic mass is 35.5. The predicted molar refractivity (Wildman–Crippen MR) is 144 cm³/mol. The maximum Gasteiger partial charge on any atom is 0.322 e. The van der Waals surface area contributed by atoms with Crippen LogP contribution in [0.5, 0.6) is 0 Å². The molecule has 2 amide bonds. The second kappa shape index (κ2) is 8.89. The molecule has 5 aliphatic rings. The summed E-state index contributed by atoms with van der Waals surface area (Å²) in [6.07, 6.45) is 15.0. The van der Waals surface area contributed by atoms with Gasteiger partial charge in [0.25, 0.3) is 0 Å². The number of amides is 2. The number of ketones is 1. The van der Waals surface area contributed by atoms with Crippen molar-refractivity contribution >= 4 is 23.4 Å². The zero-order valence-corrected chi connectivity index (χ0v) is 22.7. The predicted octanol–water partition coefficient (Wildman–Crippen LogP) is 7.61. The Bertz CT molecular complexity index is 1070. The van der Waals surface area contributed by atoms with Gasteiger partial charge in [-0.15, -0.1) is 0 Å². The van der Waals surface area contributed by atoms with Gasteiger partial charge in [-0.2, -0.15) is 0 Å². The Kier molecular flexibility index (Phi) is 6.06. The Balaban J connectivity index is 1.36. The van der Waals surface area contributed by atoms with Crippen LogP contribution in [-0.2, 0) is 10.3 Å². The summed E-state index contributed by atoms with van der Waals surface area (Å²) in [5.74, 6) is 1.94. The van der Waals surface area contributed by atoms with E-state index in [0.717, 1.165) is 54.9 Å². The fourth-order valence-corrected chi connectivity index (χ4v) is 9.30. The smallest absolute Gasteiger partial charge is 0.322 e. The third kappa shape index (κ3) is 3.85. The molecule has 1 aliphatic heterocycles. The molecule has 0 aromatic heterocycles. The first-order chi connectivity index (χ1) is 17.2. The number of carbonyl (C=O) groups is 2. The highest BCUT2D eigenvalue weighted by Gasteiger charge is 2.59. The molecule has 1 N–H and O–H groups in total. The molecule has 5 atom stereocenters. The van der Waals surface area contributed by atoms with Crippen molar-refractivity contribution in [1.29, 1.82) is 0 Å². The number of nitrogens with zero attached hydrogens (tertiary/aromatic N) is 1. The van der Waals surface area contributed by atoms with Gasteiger partial charge in [-0.3, -0.25) is 9.69 Å². The van der Waals surface area contributed by atoms with Gasteiger partial charge in [-0.1, -0.05) is 63.3 Å². The van der Waals surface area contributed by atoms with E-state index in [1.807, 2.05) is 23.1 Å². The molecule has 0 radical (unpaired) electrons. The lowest BCUT2D eigenvalue weighted by Gasteiger charge is -2.60. The number of nitrogens with one attached hydrogen (secondary N) is 1. The van der Waals surface area contributed by atoms with E-state index in [0.29, 0.717) is 29.6 Å². The number of hydrogen-bond donors (Lipinski definition) is 1. The minimum atomic E-state index is -0.374. The molecule has 1 heterocycles. The summed E-state index contributed by atoms with van der Waals surface area (Å²) >= 11 is 6.21. The van der Waals surface area contributed by atoms with Crippen LogP contribution in [0.4, 0.5) is 4.79 Å². The molecule has 4 aliphatic carbocycles. The van der Waals surface area contributed by atoms with Crippen LogP contribution >= 0.6 is 11.6 Å². The number of piperidine rings is 1. The number of rotatable bonds is 2. The van der Waals surface area contributed by atoms with Gasteiger partial charge in [-0.05, 0) is 85.8 Å². The highest BCUT2D eigenvalue weighted by molar-refractivity contribution is 6.30. The van der Waals surface area contributed by atoms with Crippen molar-refractivity contribution in [3.63, 3.8) is 0 Å². The Morgan fingerprint density at radius 1 is 0.944 bits per heavy atom. The molecule has 1 aromatic carbocycles. The SMILES string of the molecule is C[C@@]12CCC[C@H]1[C@@H]1CN(C(=O)NC3(c4ccc(Cl)cc4)CCCCC3)C3=CC(=O)CC[C@]3(C)[C@H]1CC2. The third-order valence-corrected chi connectivity index (χ3v) is 11.4. The Morgan fingerprint density at radius 3 is 2.44 bits per heavy atom. The van der Waals surface area contributed by atoms with E-state index in [2.05, 4.69) is 31.3 Å². The van der Waals surface area contributed by atoms with E-state index in [9.17, 15) is 9.59 Å². The number of likely N-dealkylation sites (tertiary alicyclic amines) is 1. The summed E-state index contributed by atoms with van der Waals surface area (Å²) in [5.41, 5.74) is 2.08. The van der Waals surface area contributed by atoms with Crippen LogP contribution in [0.3, 0.4) is 0 Å². The molecule has 0 bridgehead atoms. The number of urea groups is 1. The molecular formula is C31H41ClN2O2. The van der Waals surface area contributed by atoms with Crippen LogP contribution in [0.1, 0.15) is 96.5 Å². The number of hydrogen-bond acceptors (Lipinski definition) is 2. The number of benzene rings is 1. The van der Waals surface area contributed by atoms with Gasteiger partial charge < -0.3 is 5.32 Å². The Hall–Kier alpha value is -1.81. The lowest BCUT2D eigenvalue weighted by atomic mass is 9.50. The van der Waals surface area contributed by atoms with Crippen LogP contribution < -0.4 is 5.32 Å². The molecule has 194 valence electrons. The van der Waals surface area contributed by atoms with Crippen molar-refractivity contribution in [2.75, 3.05) is 6.54 Å². The summed E-state index contributed by atoms with van der Waals surface area (Å²) in [6, 6.07) is 8.03. The molecule has 3 saturated carbocycles. The van der Waals surface area contributed by atoms with E-state index in [-0.39, 0.29) is 22.8 Å². The Morgan fingerprint density at radius 2 is 1.69 bits per heavy atom. The largest absolute Gasteiger partial charge is 0.328 e. The van der Waals surface area contributed by atoms with Crippen molar-refractivity contribution in [3.8, 4) is 0 Å². The van der Waals surface area contributed by atoms with Crippen LogP contribution in [0.2, 0.25) is 5.02 Å². The van der Waals surface area contributed by atoms with E-state index < -0.39 is 0 Å². The van der Waals surface area contributed by atoms with E-state index in [4.69, 9.17) is 11.6 Å². The normalized spacial score (nSPS) is 37.4. The quantitative estimate of drug-likeness (QED) is 0.446. The van der Waals surface area contributed by atoms with E-state index in [1.165, 1.54) is 38.5 Å². The molecule has 0 spiro atoms. The lowest BCUT2D eigenvalue weighted by Crippen LogP contribution is -2.61. The summed E-state index contributed by atoms with van der Waals surface area (Å²) in [6.45, 7) is 5.61. The number of fused-ring (bicyclic) bond motifs is 5. The van der Waals surface area contributed by atoms with Gasteiger partial charge in [0.2, 0.25) is 0 Å². The number of carbonyl (C=O) groups excluding carboxylic acids is 2. The minimum Gasteiger partial charge on any atom is -0.328 e. The van der Waals surface area contributed by atoms with Gasteiger partial charge in [-0.25, -0.2) is 4.79 Å². The minimum absolute atomic E-state index is 0.0113. The summed E-state index contributed by atoms with van der Waals surface area (Å²) in [4.78, 5) is 29.0. The monoisotopic (exact) mass is 508 g/mol. The second-order valence-electron chi connectivity index (χ2n) is 13.1. The summed E-state index contributed by atoms with van der Waals surface area (Å²) in [7, 11) is 0. The average molecular weight is 509 g/mol. The van der Waals surface area contributed by atoms with Crippen LogP contribution in [0, 0.1) is 28.6 Å². The first-order valence-electron chi connectivity index (χ1n) is 14.3. The van der Waals surface area contributed by atoms with Crippen molar-refractivity contribution in [3.05, 3.63) is 46.6 Å². The van der Waals surface area contributed by atoms with Gasteiger partial charge in [0, 0.05) is 35.2 Å². The number of allylic oxidation sites excluding steroid dienone is 2. The maximum absolute atomic E-state index is 14.3. The second-order valence-corrected chi connectivity index (χ2v) is 13.5. The molecule has 6 rings (SSSR count). The lowest BCUT2D eigenvalue weighted by molar-refractivity contribution is -0.118. The van der Waals surface area contributed by atoms with Crippen molar-refractivity contribution in [1.82, 2.24) is 10.2 Å². The topological polar surface area (TPSA) is 49.4 Å². The van der Waals surface area contributed by atoms with Gasteiger partial charge in [0.15, 0.2) is 5.78 Å². The standard InChI is InChI=1S/C31H41ClN2O2/c1-29-14-6-7-25(29)24-20-34(27-19-23(35)12-18-30(27,2)26(24)13-17-29)28(36)33-31(15-4-3-5-16-31)21-8-10-22(32)11-9-21/h8-11,19,24-26H,3-7,12-18,20H2,1-2H3,(H,33,36)/t24-,25-,26-,29-,30+/m0/s1. The maximum atomic E-state index is 14.3. The summed E-state index contributed by atoms with van der Waals surface area (Å²) in [5, 5.41) is 4.28. The first kappa shape index (κ1) is 24.5. The first-order valence-corrected chi connectivity index (χ1v) is 14.7. The van der Waals surface area contributed by atoms with E-state index in [1.54, 1.807) is 0 Å². The molecule has 4 nitrogen and oxygen atoms in total. The fraction of sp³-hybridized carbons (Fsp3) is 0.677. The Labute approximate surface area is 221 Å². The molecule has 5 heteroatoms. The third-order valence-electron chi connectivity index (χ3n) is 11.2. The van der Waals surface area contributed by atoms with Crippen molar-refractivity contribution in [2.45, 2.75) is 96.4 Å². The van der Waals surface area contributed by atoms with Crippen LogP contribution in [0.25, 0.3) is 0 Å². The zero-order valence-electron chi connectivity index (χ0n) is 22.0. The molecule has 4 fully saturated rings. The molecule has 36 heavy (non-hydrogen) atoms. The van der Waals surface area contributed by atoms with Crippen LogP contribution in [-0.4, -0.2) is 23.3 Å². The van der Waals surface area contributed by atoms with Crippen LogP contribution in [0.15, 0.2) is 36.0 Å². The summed E-state index contributed by atoms with van der Waals surface area (Å²) < 4.78 is 0. The average Bonchev–Trinajstić information content (AvgIpc) is 3.27. The van der Waals surface area contributed by atoms with Crippen molar-refractivity contribution < 1.29 is 9.59 Å². The van der Waals surface area contributed by atoms with Gasteiger partial charge >= 0.3 is 6.03 Å². The fourth-order valence-electron chi connectivity index (χ4n) is 9.17. The van der Waals surface area contributed by atoms with E-state index >= 15 is 0 Å².